The van der Waals surface area contributed by atoms with Gasteiger partial charge < -0.3 is 11.1 Å². The van der Waals surface area contributed by atoms with Crippen LogP contribution in [0.4, 0.5) is 11.4 Å². The van der Waals surface area contributed by atoms with Crippen molar-refractivity contribution in [3.63, 3.8) is 0 Å². The second-order valence-electron chi connectivity index (χ2n) is 3.72. The van der Waals surface area contributed by atoms with Crippen molar-refractivity contribution in [2.24, 2.45) is 0 Å². The zero-order valence-corrected chi connectivity index (χ0v) is 13.4. The van der Waals surface area contributed by atoms with Crippen LogP contribution in [0.25, 0.3) is 0 Å². The van der Waals surface area contributed by atoms with Gasteiger partial charge >= 0.3 is 0 Å². The molecule has 18 heavy (non-hydrogen) atoms. The van der Waals surface area contributed by atoms with E-state index in [0.717, 1.165) is 13.8 Å². The summed E-state index contributed by atoms with van der Waals surface area (Å²) in [5.74, 6) is -0.126. The molecule has 1 aromatic carbocycles. The Morgan fingerprint density at radius 2 is 1.89 bits per heavy atom. The lowest BCUT2D eigenvalue weighted by Gasteiger charge is -2.09. The maximum atomic E-state index is 12.0. The number of aryl methyl sites for hydroxylation is 1. The Morgan fingerprint density at radius 1 is 1.28 bits per heavy atom. The first kappa shape index (κ1) is 13.6. The molecule has 0 radical (unpaired) electrons. The van der Waals surface area contributed by atoms with Gasteiger partial charge in [0.25, 0.3) is 5.91 Å². The first-order valence-electron chi connectivity index (χ1n) is 5.09. The van der Waals surface area contributed by atoms with Gasteiger partial charge in [0, 0.05) is 19.5 Å². The van der Waals surface area contributed by atoms with Crippen molar-refractivity contribution in [3.8, 4) is 0 Å². The molecule has 94 valence electrons. The summed E-state index contributed by atoms with van der Waals surface area (Å²) < 4.78 is 1.49. The maximum absolute atomic E-state index is 12.0. The number of benzene rings is 1. The Morgan fingerprint density at radius 3 is 2.39 bits per heavy atom. The molecule has 1 aromatic heterocycles. The van der Waals surface area contributed by atoms with Gasteiger partial charge in [0.05, 0.1) is 10.6 Å². The minimum atomic E-state index is -0.126. The van der Waals surface area contributed by atoms with E-state index in [2.05, 4.69) is 37.2 Å². The van der Waals surface area contributed by atoms with Crippen molar-refractivity contribution in [1.29, 1.82) is 0 Å². The molecule has 1 heterocycles. The van der Waals surface area contributed by atoms with E-state index in [-0.39, 0.29) is 5.91 Å². The van der Waals surface area contributed by atoms with Crippen LogP contribution in [0.15, 0.2) is 33.2 Å². The monoisotopic (exact) mass is 388 g/mol. The fourth-order valence-corrected chi connectivity index (χ4v) is 3.63. The topological polar surface area (TPSA) is 55.1 Å². The fourth-order valence-electron chi connectivity index (χ4n) is 1.44. The maximum Gasteiger partial charge on any atom is 0.265 e. The predicted molar refractivity (Wildman–Crippen MR) is 83.3 cm³/mol. The summed E-state index contributed by atoms with van der Waals surface area (Å²) in [5.41, 5.74) is 7.01. The molecule has 0 spiro atoms. The van der Waals surface area contributed by atoms with E-state index in [1.54, 1.807) is 12.1 Å². The van der Waals surface area contributed by atoms with Gasteiger partial charge in [-0.05, 0) is 63.0 Å². The summed E-state index contributed by atoms with van der Waals surface area (Å²) in [6.45, 7) is 1.97. The zero-order valence-electron chi connectivity index (χ0n) is 9.46. The first-order chi connectivity index (χ1) is 8.47. The third-order valence-corrected chi connectivity index (χ3v) is 4.52. The van der Waals surface area contributed by atoms with E-state index >= 15 is 0 Å². The highest BCUT2D eigenvalue weighted by atomic mass is 79.9. The van der Waals surface area contributed by atoms with Crippen LogP contribution in [0, 0.1) is 6.92 Å². The molecule has 0 aliphatic heterocycles. The van der Waals surface area contributed by atoms with Crippen molar-refractivity contribution in [1.82, 2.24) is 0 Å². The number of thiophene rings is 1. The number of hydrogen-bond acceptors (Lipinski definition) is 3. The molecule has 0 aliphatic rings. The number of rotatable bonds is 2. The van der Waals surface area contributed by atoms with Crippen LogP contribution >= 0.6 is 43.2 Å². The molecule has 0 saturated carbocycles. The molecular formula is C12H10Br2N2OS. The van der Waals surface area contributed by atoms with E-state index in [1.807, 2.05) is 19.1 Å². The molecule has 0 bridgehead atoms. The number of carbonyl (C=O) groups is 1. The van der Waals surface area contributed by atoms with Crippen LogP contribution in [0.1, 0.15) is 14.5 Å². The van der Waals surface area contributed by atoms with E-state index in [4.69, 9.17) is 5.73 Å². The number of nitrogens with one attached hydrogen (secondary N) is 1. The lowest BCUT2D eigenvalue weighted by atomic mass is 10.3. The summed E-state index contributed by atoms with van der Waals surface area (Å²) in [7, 11) is 0. The van der Waals surface area contributed by atoms with Crippen molar-refractivity contribution < 1.29 is 4.79 Å². The smallest absolute Gasteiger partial charge is 0.265 e. The molecule has 0 aliphatic carbocycles. The van der Waals surface area contributed by atoms with Gasteiger partial charge in [0.2, 0.25) is 0 Å². The second kappa shape index (κ2) is 5.42. The molecule has 2 aromatic rings. The quantitative estimate of drug-likeness (QED) is 0.747. The molecule has 0 atom stereocenters. The van der Waals surface area contributed by atoms with Crippen molar-refractivity contribution in [2.45, 2.75) is 6.92 Å². The minimum absolute atomic E-state index is 0.126. The van der Waals surface area contributed by atoms with Crippen LogP contribution in [-0.2, 0) is 0 Å². The fraction of sp³-hybridized carbons (Fsp3) is 0.0833. The molecule has 6 heteroatoms. The SMILES string of the molecule is Cc1ccc(C(=O)Nc2c(Br)cc(N)cc2Br)s1. The lowest BCUT2D eigenvalue weighted by Crippen LogP contribution is -2.11. The van der Waals surface area contributed by atoms with Gasteiger partial charge in [-0.3, -0.25) is 4.79 Å². The highest BCUT2D eigenvalue weighted by Gasteiger charge is 2.13. The average molecular weight is 390 g/mol. The number of hydrogen-bond donors (Lipinski definition) is 2. The standard InChI is InChI=1S/C12H10Br2N2OS/c1-6-2-3-10(18-6)12(17)16-11-8(13)4-7(15)5-9(11)14/h2-5H,15H2,1H3,(H,16,17). The number of nitrogens with two attached hydrogens (primary N) is 1. The van der Waals surface area contributed by atoms with Crippen molar-refractivity contribution in [2.75, 3.05) is 11.1 Å². The molecule has 3 N–H and O–H groups in total. The minimum Gasteiger partial charge on any atom is -0.399 e. The van der Waals surface area contributed by atoms with Crippen molar-refractivity contribution >= 4 is 60.5 Å². The summed E-state index contributed by atoms with van der Waals surface area (Å²) in [6, 6.07) is 7.24. The van der Waals surface area contributed by atoms with Gasteiger partial charge in [-0.2, -0.15) is 0 Å². The highest BCUT2D eigenvalue weighted by molar-refractivity contribution is 9.11. The molecule has 3 nitrogen and oxygen atoms in total. The Hall–Kier alpha value is -0.850. The van der Waals surface area contributed by atoms with Gasteiger partial charge in [-0.15, -0.1) is 11.3 Å². The largest absolute Gasteiger partial charge is 0.399 e. The lowest BCUT2D eigenvalue weighted by molar-refractivity contribution is 0.103. The molecule has 0 unspecified atom stereocenters. The second-order valence-corrected chi connectivity index (χ2v) is 6.72. The number of amides is 1. The van der Waals surface area contributed by atoms with E-state index in [0.29, 0.717) is 16.3 Å². The number of nitrogen functional groups attached to an aromatic ring is 1. The van der Waals surface area contributed by atoms with Crippen LogP contribution < -0.4 is 11.1 Å². The molecule has 2 rings (SSSR count). The summed E-state index contributed by atoms with van der Waals surface area (Å²) in [5, 5.41) is 2.86. The Kier molecular flexibility index (Phi) is 4.09. The van der Waals surface area contributed by atoms with Crippen LogP contribution in [0.5, 0.6) is 0 Å². The number of halogens is 2. The van der Waals surface area contributed by atoms with Gasteiger partial charge in [-0.1, -0.05) is 0 Å². The normalized spacial score (nSPS) is 10.4. The summed E-state index contributed by atoms with van der Waals surface area (Å²) in [6.07, 6.45) is 0. The van der Waals surface area contributed by atoms with Crippen LogP contribution in [0.2, 0.25) is 0 Å². The third-order valence-electron chi connectivity index (χ3n) is 2.27. The van der Waals surface area contributed by atoms with Gasteiger partial charge in [0.1, 0.15) is 0 Å². The Balaban J connectivity index is 2.27. The van der Waals surface area contributed by atoms with E-state index in [1.165, 1.54) is 11.3 Å². The highest BCUT2D eigenvalue weighted by Crippen LogP contribution is 2.34. The number of carbonyl (C=O) groups excluding carboxylic acids is 1. The summed E-state index contributed by atoms with van der Waals surface area (Å²) in [4.78, 5) is 13.8. The van der Waals surface area contributed by atoms with Gasteiger partial charge in [-0.25, -0.2) is 0 Å². The Bertz CT molecular complexity index is 587. The third kappa shape index (κ3) is 2.93. The molecule has 0 fully saturated rings. The number of anilines is 2. The van der Waals surface area contributed by atoms with Gasteiger partial charge in [0.15, 0.2) is 0 Å². The van der Waals surface area contributed by atoms with E-state index in [9.17, 15) is 4.79 Å². The zero-order chi connectivity index (χ0) is 13.3. The first-order valence-corrected chi connectivity index (χ1v) is 7.50. The average Bonchev–Trinajstić information content (AvgIpc) is 2.70. The van der Waals surface area contributed by atoms with Crippen LogP contribution in [0.3, 0.4) is 0 Å². The van der Waals surface area contributed by atoms with Crippen LogP contribution in [-0.4, -0.2) is 5.91 Å². The van der Waals surface area contributed by atoms with E-state index < -0.39 is 0 Å². The predicted octanol–water partition coefficient (Wildman–Crippen LogP) is 4.42. The molecular weight excluding hydrogens is 380 g/mol. The molecule has 0 saturated heterocycles. The summed E-state index contributed by atoms with van der Waals surface area (Å²) >= 11 is 8.23. The van der Waals surface area contributed by atoms with Crippen molar-refractivity contribution in [3.05, 3.63) is 43.0 Å². The molecule has 1 amide bonds. The Labute approximate surface area is 126 Å².